The highest BCUT2D eigenvalue weighted by molar-refractivity contribution is 5.97. The van der Waals surface area contributed by atoms with Gasteiger partial charge in [0, 0.05) is 17.8 Å². The van der Waals surface area contributed by atoms with Crippen LogP contribution in [-0.2, 0) is 9.59 Å². The van der Waals surface area contributed by atoms with Gasteiger partial charge in [-0.25, -0.2) is 0 Å². The molecular formula is C26H28N2O3. The summed E-state index contributed by atoms with van der Waals surface area (Å²) in [7, 11) is 0. The average Bonchev–Trinajstić information content (AvgIpc) is 2.80. The first-order chi connectivity index (χ1) is 15.0. The molecule has 1 atom stereocenters. The van der Waals surface area contributed by atoms with Crippen LogP contribution in [0.2, 0.25) is 0 Å². The van der Waals surface area contributed by atoms with Gasteiger partial charge in [0.15, 0.2) is 6.10 Å². The van der Waals surface area contributed by atoms with E-state index in [-0.39, 0.29) is 11.8 Å². The predicted molar refractivity (Wildman–Crippen MR) is 125 cm³/mol. The average molecular weight is 417 g/mol. The lowest BCUT2D eigenvalue weighted by molar-refractivity contribution is -0.122. The second kappa shape index (κ2) is 10.4. The second-order valence-corrected chi connectivity index (χ2v) is 7.27. The van der Waals surface area contributed by atoms with Crippen LogP contribution < -0.4 is 15.4 Å². The summed E-state index contributed by atoms with van der Waals surface area (Å²) < 4.78 is 5.96. The smallest absolute Gasteiger partial charge is 0.265 e. The van der Waals surface area contributed by atoms with Gasteiger partial charge in [-0.05, 0) is 54.3 Å². The first-order valence-corrected chi connectivity index (χ1v) is 10.5. The molecule has 2 amide bonds. The van der Waals surface area contributed by atoms with Crippen LogP contribution in [0.5, 0.6) is 5.75 Å². The largest absolute Gasteiger partial charge is 0.481 e. The molecule has 0 saturated carbocycles. The molecule has 0 heterocycles. The number of hydrogen-bond acceptors (Lipinski definition) is 3. The zero-order valence-electron chi connectivity index (χ0n) is 18.1. The van der Waals surface area contributed by atoms with Gasteiger partial charge in [0.05, 0.1) is 0 Å². The van der Waals surface area contributed by atoms with E-state index >= 15 is 0 Å². The van der Waals surface area contributed by atoms with Gasteiger partial charge in [-0.1, -0.05) is 62.4 Å². The van der Waals surface area contributed by atoms with Gasteiger partial charge < -0.3 is 15.4 Å². The molecule has 0 aromatic heterocycles. The molecule has 1 unspecified atom stereocenters. The van der Waals surface area contributed by atoms with E-state index in [0.29, 0.717) is 30.0 Å². The topological polar surface area (TPSA) is 67.4 Å². The first kappa shape index (κ1) is 22.1. The minimum absolute atomic E-state index is 0.0692. The molecule has 0 aliphatic heterocycles. The summed E-state index contributed by atoms with van der Waals surface area (Å²) >= 11 is 0. The fourth-order valence-corrected chi connectivity index (χ4v) is 3.20. The molecule has 160 valence electrons. The van der Waals surface area contributed by atoms with E-state index in [0.717, 1.165) is 16.7 Å². The first-order valence-electron chi connectivity index (χ1n) is 10.5. The normalized spacial score (nSPS) is 11.5. The minimum Gasteiger partial charge on any atom is -0.481 e. The van der Waals surface area contributed by atoms with Crippen molar-refractivity contribution in [2.75, 3.05) is 10.6 Å². The van der Waals surface area contributed by atoms with Crippen molar-refractivity contribution >= 4 is 23.2 Å². The summed E-state index contributed by atoms with van der Waals surface area (Å²) in [6, 6.07) is 23.3. The van der Waals surface area contributed by atoms with Crippen LogP contribution >= 0.6 is 0 Å². The number of hydrogen-bond donors (Lipinski definition) is 2. The zero-order chi connectivity index (χ0) is 22.2. The molecule has 0 radical (unpaired) electrons. The van der Waals surface area contributed by atoms with Crippen LogP contribution in [0.1, 0.15) is 32.3 Å². The van der Waals surface area contributed by atoms with Crippen LogP contribution in [0.25, 0.3) is 11.1 Å². The molecule has 0 aliphatic rings. The third-order valence-electron chi connectivity index (χ3n) is 5.09. The van der Waals surface area contributed by atoms with Crippen molar-refractivity contribution in [3.05, 3.63) is 78.4 Å². The molecule has 3 rings (SSSR count). The predicted octanol–water partition coefficient (Wildman–Crippen LogP) is 5.81. The van der Waals surface area contributed by atoms with Crippen LogP contribution in [0.15, 0.2) is 72.8 Å². The lowest BCUT2D eigenvalue weighted by Crippen LogP contribution is -2.32. The molecule has 0 aliphatic carbocycles. The molecule has 3 aromatic rings. The summed E-state index contributed by atoms with van der Waals surface area (Å²) in [6.45, 7) is 5.57. The molecule has 3 aromatic carbocycles. The van der Waals surface area contributed by atoms with Crippen molar-refractivity contribution in [1.29, 1.82) is 0 Å². The Morgan fingerprint density at radius 1 is 0.806 bits per heavy atom. The maximum atomic E-state index is 12.9. The van der Waals surface area contributed by atoms with E-state index in [9.17, 15) is 9.59 Å². The van der Waals surface area contributed by atoms with Gasteiger partial charge in [0.2, 0.25) is 5.91 Å². The van der Waals surface area contributed by atoms with Crippen LogP contribution in [0.3, 0.4) is 0 Å². The quantitative estimate of drug-likeness (QED) is 0.487. The molecule has 0 fully saturated rings. The summed E-state index contributed by atoms with van der Waals surface area (Å²) in [5.74, 6) is 0.347. The molecular weight excluding hydrogens is 388 g/mol. The molecule has 2 N–H and O–H groups in total. The Bertz CT molecular complexity index is 1030. The number of nitrogens with one attached hydrogen (secondary N) is 2. The Kier molecular flexibility index (Phi) is 7.44. The van der Waals surface area contributed by atoms with Crippen molar-refractivity contribution in [1.82, 2.24) is 0 Å². The molecule has 5 heteroatoms. The minimum atomic E-state index is -0.629. The number of carbonyl (C=O) groups is 2. The Morgan fingerprint density at radius 2 is 1.42 bits per heavy atom. The standard InChI is InChI=1S/C26H28N2O3/c1-4-24(31-21-16-14-20(15-17-21)19-10-7-6-8-11-19)26(30)28-23-13-9-12-22(18(23)3)27-25(29)5-2/h6-17,24H,4-5H2,1-3H3,(H,27,29)(H,28,30). The van der Waals surface area contributed by atoms with Crippen LogP contribution in [0.4, 0.5) is 11.4 Å². The van der Waals surface area contributed by atoms with Gasteiger partial charge in [-0.2, -0.15) is 0 Å². The SMILES string of the molecule is CCC(=O)Nc1cccc(NC(=O)C(CC)Oc2ccc(-c3ccccc3)cc2)c1C. The van der Waals surface area contributed by atoms with E-state index in [2.05, 4.69) is 22.8 Å². The van der Waals surface area contributed by atoms with Gasteiger partial charge in [0.1, 0.15) is 5.75 Å². The lowest BCUT2D eigenvalue weighted by atomic mass is 10.1. The third kappa shape index (κ3) is 5.72. The maximum absolute atomic E-state index is 12.9. The van der Waals surface area contributed by atoms with E-state index in [4.69, 9.17) is 4.74 Å². The number of amides is 2. The Labute approximate surface area is 183 Å². The Balaban J connectivity index is 1.68. The van der Waals surface area contributed by atoms with E-state index < -0.39 is 6.10 Å². The van der Waals surface area contributed by atoms with Gasteiger partial charge in [0.25, 0.3) is 5.91 Å². The van der Waals surface area contributed by atoms with E-state index in [1.54, 1.807) is 13.0 Å². The molecule has 0 bridgehead atoms. The molecule has 0 spiro atoms. The summed E-state index contributed by atoms with van der Waals surface area (Å²) in [4.78, 5) is 24.6. The van der Waals surface area contributed by atoms with E-state index in [1.165, 1.54) is 0 Å². The number of rotatable bonds is 8. The Morgan fingerprint density at radius 3 is 2.03 bits per heavy atom. The van der Waals surface area contributed by atoms with Crippen LogP contribution in [-0.4, -0.2) is 17.9 Å². The summed E-state index contributed by atoms with van der Waals surface area (Å²) in [5.41, 5.74) is 4.37. The highest BCUT2D eigenvalue weighted by Crippen LogP contribution is 2.25. The van der Waals surface area contributed by atoms with Crippen molar-refractivity contribution in [3.63, 3.8) is 0 Å². The Hall–Kier alpha value is -3.60. The number of anilines is 2. The van der Waals surface area contributed by atoms with E-state index in [1.807, 2.05) is 68.4 Å². The zero-order valence-corrected chi connectivity index (χ0v) is 18.1. The highest BCUT2D eigenvalue weighted by Gasteiger charge is 2.20. The van der Waals surface area contributed by atoms with Crippen molar-refractivity contribution in [3.8, 4) is 16.9 Å². The fraction of sp³-hybridized carbons (Fsp3) is 0.231. The molecule has 31 heavy (non-hydrogen) atoms. The molecule has 5 nitrogen and oxygen atoms in total. The van der Waals surface area contributed by atoms with Crippen molar-refractivity contribution in [2.45, 2.75) is 39.7 Å². The van der Waals surface area contributed by atoms with Crippen molar-refractivity contribution in [2.24, 2.45) is 0 Å². The monoisotopic (exact) mass is 416 g/mol. The maximum Gasteiger partial charge on any atom is 0.265 e. The van der Waals surface area contributed by atoms with Gasteiger partial charge in [-0.3, -0.25) is 9.59 Å². The number of benzene rings is 3. The number of ether oxygens (including phenoxy) is 1. The number of carbonyl (C=O) groups excluding carboxylic acids is 2. The van der Waals surface area contributed by atoms with Crippen LogP contribution in [0, 0.1) is 6.92 Å². The van der Waals surface area contributed by atoms with Gasteiger partial charge in [-0.15, -0.1) is 0 Å². The fourth-order valence-electron chi connectivity index (χ4n) is 3.20. The summed E-state index contributed by atoms with van der Waals surface area (Å²) in [5, 5.41) is 5.79. The highest BCUT2D eigenvalue weighted by atomic mass is 16.5. The van der Waals surface area contributed by atoms with Crippen molar-refractivity contribution < 1.29 is 14.3 Å². The second-order valence-electron chi connectivity index (χ2n) is 7.27. The third-order valence-corrected chi connectivity index (χ3v) is 5.09. The molecule has 0 saturated heterocycles. The van der Waals surface area contributed by atoms with Gasteiger partial charge >= 0.3 is 0 Å². The lowest BCUT2D eigenvalue weighted by Gasteiger charge is -2.19. The summed E-state index contributed by atoms with van der Waals surface area (Å²) in [6.07, 6.45) is 0.290.